The number of benzene rings is 2. The van der Waals surface area contributed by atoms with Crippen molar-refractivity contribution in [3.8, 4) is 0 Å². The van der Waals surface area contributed by atoms with Gasteiger partial charge in [0, 0.05) is 29.8 Å². The van der Waals surface area contributed by atoms with Crippen LogP contribution >= 0.6 is 11.6 Å². The first-order chi connectivity index (χ1) is 9.65. The van der Waals surface area contributed by atoms with Crippen LogP contribution in [0.5, 0.6) is 0 Å². The maximum atomic E-state index is 6.34. The van der Waals surface area contributed by atoms with Crippen molar-refractivity contribution >= 4 is 17.3 Å². The Bertz CT molecular complexity index is 622. The highest BCUT2D eigenvalue weighted by Gasteiger charge is 2.17. The molecular formula is C17H19ClN2. The van der Waals surface area contributed by atoms with Gasteiger partial charge >= 0.3 is 0 Å². The van der Waals surface area contributed by atoms with Crippen LogP contribution in [-0.2, 0) is 13.0 Å². The Morgan fingerprint density at radius 3 is 2.60 bits per heavy atom. The van der Waals surface area contributed by atoms with Gasteiger partial charge in [-0.3, -0.25) is 0 Å². The topological polar surface area (TPSA) is 29.3 Å². The summed E-state index contributed by atoms with van der Waals surface area (Å²) in [6, 6.07) is 14.8. The lowest BCUT2D eigenvalue weighted by Crippen LogP contribution is -2.30. The summed E-state index contributed by atoms with van der Waals surface area (Å²) in [6.45, 7) is 3.94. The molecule has 2 aromatic carbocycles. The number of nitrogens with zero attached hydrogens (tertiary/aromatic N) is 1. The molecule has 0 aliphatic carbocycles. The van der Waals surface area contributed by atoms with Gasteiger partial charge in [-0.05, 0) is 42.2 Å². The molecule has 0 amide bonds. The van der Waals surface area contributed by atoms with Crippen LogP contribution in [0.25, 0.3) is 0 Å². The Labute approximate surface area is 125 Å². The zero-order valence-electron chi connectivity index (χ0n) is 11.6. The standard InChI is InChI=1S/C17H19ClN2/c1-12(19)16-7-6-15(10-17(16)18)20-9-8-13-4-2-3-5-14(13)11-20/h2-7,10,12H,8-9,11,19H2,1H3. The van der Waals surface area contributed by atoms with Crippen molar-refractivity contribution in [1.29, 1.82) is 0 Å². The summed E-state index contributed by atoms with van der Waals surface area (Å²) in [5.41, 5.74) is 11.0. The van der Waals surface area contributed by atoms with Crippen molar-refractivity contribution in [1.82, 2.24) is 0 Å². The number of fused-ring (bicyclic) bond motifs is 1. The molecule has 1 aliphatic rings. The van der Waals surface area contributed by atoms with Crippen molar-refractivity contribution in [2.24, 2.45) is 5.73 Å². The van der Waals surface area contributed by atoms with Gasteiger partial charge < -0.3 is 10.6 Å². The van der Waals surface area contributed by atoms with Crippen LogP contribution in [0, 0.1) is 0 Å². The molecular weight excluding hydrogens is 268 g/mol. The van der Waals surface area contributed by atoms with Crippen molar-refractivity contribution < 1.29 is 0 Å². The summed E-state index contributed by atoms with van der Waals surface area (Å²) in [6.07, 6.45) is 1.09. The van der Waals surface area contributed by atoms with Gasteiger partial charge in [0.2, 0.25) is 0 Å². The molecule has 3 heteroatoms. The van der Waals surface area contributed by atoms with Crippen LogP contribution in [0.2, 0.25) is 5.02 Å². The Kier molecular flexibility index (Phi) is 3.68. The molecule has 0 fully saturated rings. The van der Waals surface area contributed by atoms with Crippen LogP contribution in [0.15, 0.2) is 42.5 Å². The molecule has 3 rings (SSSR count). The average Bonchev–Trinajstić information content (AvgIpc) is 2.46. The molecule has 0 spiro atoms. The molecule has 0 bridgehead atoms. The zero-order valence-corrected chi connectivity index (χ0v) is 12.4. The normalized spacial score (nSPS) is 15.8. The van der Waals surface area contributed by atoms with Crippen LogP contribution < -0.4 is 10.6 Å². The Morgan fingerprint density at radius 1 is 1.15 bits per heavy atom. The summed E-state index contributed by atoms with van der Waals surface area (Å²) in [5.74, 6) is 0. The lowest BCUT2D eigenvalue weighted by atomic mass is 9.99. The Hall–Kier alpha value is -1.51. The summed E-state index contributed by atoms with van der Waals surface area (Å²) in [4.78, 5) is 2.37. The van der Waals surface area contributed by atoms with Gasteiger partial charge in [-0.1, -0.05) is 41.9 Å². The average molecular weight is 287 g/mol. The van der Waals surface area contributed by atoms with Crippen molar-refractivity contribution in [2.45, 2.75) is 25.9 Å². The molecule has 1 unspecified atom stereocenters. The molecule has 0 saturated carbocycles. The van der Waals surface area contributed by atoms with E-state index in [1.807, 2.05) is 19.1 Å². The first kappa shape index (κ1) is 13.5. The van der Waals surface area contributed by atoms with Gasteiger partial charge in [0.05, 0.1) is 0 Å². The van der Waals surface area contributed by atoms with Gasteiger partial charge in [-0.15, -0.1) is 0 Å². The number of halogens is 1. The fourth-order valence-electron chi connectivity index (χ4n) is 2.80. The summed E-state index contributed by atoms with van der Waals surface area (Å²) in [7, 11) is 0. The molecule has 0 saturated heterocycles. The van der Waals surface area contributed by atoms with Crippen LogP contribution in [0.4, 0.5) is 5.69 Å². The largest absolute Gasteiger partial charge is 0.367 e. The molecule has 1 aliphatic heterocycles. The highest BCUT2D eigenvalue weighted by Crippen LogP contribution is 2.30. The SMILES string of the molecule is CC(N)c1ccc(N2CCc3ccccc3C2)cc1Cl. The number of anilines is 1. The van der Waals surface area contributed by atoms with E-state index in [4.69, 9.17) is 17.3 Å². The van der Waals surface area contributed by atoms with Crippen molar-refractivity contribution in [3.05, 3.63) is 64.2 Å². The number of nitrogens with two attached hydrogens (primary N) is 1. The van der Waals surface area contributed by atoms with Crippen LogP contribution in [0.3, 0.4) is 0 Å². The molecule has 104 valence electrons. The predicted molar refractivity (Wildman–Crippen MR) is 85.3 cm³/mol. The molecule has 2 aromatic rings. The summed E-state index contributed by atoms with van der Waals surface area (Å²) < 4.78 is 0. The van der Waals surface area contributed by atoms with Gasteiger partial charge in [-0.2, -0.15) is 0 Å². The lowest BCUT2D eigenvalue weighted by Gasteiger charge is -2.31. The third kappa shape index (κ3) is 2.54. The number of rotatable bonds is 2. The maximum Gasteiger partial charge on any atom is 0.0474 e. The van der Waals surface area contributed by atoms with Crippen molar-refractivity contribution in [2.75, 3.05) is 11.4 Å². The molecule has 1 atom stereocenters. The van der Waals surface area contributed by atoms with Crippen LogP contribution in [0.1, 0.15) is 29.7 Å². The fourth-order valence-corrected chi connectivity index (χ4v) is 3.15. The smallest absolute Gasteiger partial charge is 0.0474 e. The quantitative estimate of drug-likeness (QED) is 0.906. The third-order valence-electron chi connectivity index (χ3n) is 3.97. The molecule has 2 nitrogen and oxygen atoms in total. The van der Waals surface area contributed by atoms with Crippen LogP contribution in [-0.4, -0.2) is 6.54 Å². The second kappa shape index (κ2) is 5.47. The lowest BCUT2D eigenvalue weighted by molar-refractivity contribution is 0.731. The first-order valence-corrected chi connectivity index (χ1v) is 7.39. The molecule has 20 heavy (non-hydrogen) atoms. The van der Waals surface area contributed by atoms with Crippen molar-refractivity contribution in [3.63, 3.8) is 0 Å². The monoisotopic (exact) mass is 286 g/mol. The van der Waals surface area contributed by atoms with Gasteiger partial charge in [0.15, 0.2) is 0 Å². The van der Waals surface area contributed by atoms with Gasteiger partial charge in [-0.25, -0.2) is 0 Å². The van der Waals surface area contributed by atoms with E-state index < -0.39 is 0 Å². The first-order valence-electron chi connectivity index (χ1n) is 7.02. The van der Waals surface area contributed by atoms with E-state index >= 15 is 0 Å². The minimum Gasteiger partial charge on any atom is -0.367 e. The maximum absolute atomic E-state index is 6.34. The van der Waals surface area contributed by atoms with E-state index in [2.05, 4.69) is 35.2 Å². The second-order valence-corrected chi connectivity index (χ2v) is 5.84. The fraction of sp³-hybridized carbons (Fsp3) is 0.294. The highest BCUT2D eigenvalue weighted by molar-refractivity contribution is 6.31. The number of hydrogen-bond donors (Lipinski definition) is 1. The summed E-state index contributed by atoms with van der Waals surface area (Å²) >= 11 is 6.34. The van der Waals surface area contributed by atoms with Gasteiger partial charge in [0.1, 0.15) is 0 Å². The van der Waals surface area contributed by atoms with E-state index in [0.717, 1.165) is 30.1 Å². The zero-order chi connectivity index (χ0) is 14.1. The van der Waals surface area contributed by atoms with Gasteiger partial charge in [0.25, 0.3) is 0 Å². The molecule has 0 aromatic heterocycles. The number of hydrogen-bond acceptors (Lipinski definition) is 2. The second-order valence-electron chi connectivity index (χ2n) is 5.43. The molecule has 1 heterocycles. The third-order valence-corrected chi connectivity index (χ3v) is 4.30. The van der Waals surface area contributed by atoms with E-state index in [9.17, 15) is 0 Å². The molecule has 0 radical (unpaired) electrons. The predicted octanol–water partition coefficient (Wildman–Crippen LogP) is 3.92. The Balaban J connectivity index is 1.86. The van der Waals surface area contributed by atoms with E-state index in [-0.39, 0.29) is 6.04 Å². The van der Waals surface area contributed by atoms with E-state index in [1.165, 1.54) is 16.8 Å². The highest BCUT2D eigenvalue weighted by atomic mass is 35.5. The minimum atomic E-state index is -0.0290. The summed E-state index contributed by atoms with van der Waals surface area (Å²) in [5, 5.41) is 0.761. The molecule has 2 N–H and O–H groups in total. The van der Waals surface area contributed by atoms with E-state index in [1.54, 1.807) is 0 Å². The minimum absolute atomic E-state index is 0.0290. The van der Waals surface area contributed by atoms with E-state index in [0.29, 0.717) is 0 Å². The Morgan fingerprint density at radius 2 is 1.90 bits per heavy atom.